The Hall–Kier alpha value is -2.10. The first-order valence-electron chi connectivity index (χ1n) is 13.0. The molecule has 4 atom stereocenters. The van der Waals surface area contributed by atoms with Crippen LogP contribution in [-0.4, -0.2) is 59.8 Å². The molecule has 4 rings (SSSR count). The number of carbonyl (C=O) groups is 1. The van der Waals surface area contributed by atoms with Crippen molar-refractivity contribution < 1.29 is 18.7 Å². The maximum atomic E-state index is 15.4. The Bertz CT molecular complexity index is 978. The molecule has 0 bridgehead atoms. The highest BCUT2D eigenvalue weighted by Gasteiger charge is 2.50. The number of aliphatic hydroxyl groups is 1. The molecule has 1 aromatic heterocycles. The van der Waals surface area contributed by atoms with Gasteiger partial charge < -0.3 is 18.9 Å². The van der Waals surface area contributed by atoms with Crippen molar-refractivity contribution >= 4 is 20.0 Å². The fraction of sp³-hybridized carbons (Fsp3) is 0.654. The quantitative estimate of drug-likeness (QED) is 0.387. The molecule has 35 heavy (non-hydrogen) atoms. The maximum Gasteiger partial charge on any atom is 0.246 e. The van der Waals surface area contributed by atoms with Gasteiger partial charge in [-0.2, -0.15) is 0 Å². The number of anilines is 1. The summed E-state index contributed by atoms with van der Waals surface area (Å²) in [4.78, 5) is 14.1. The molecule has 2 aromatic rings. The molecule has 0 saturated carbocycles. The smallest absolute Gasteiger partial charge is 0.246 e. The van der Waals surface area contributed by atoms with Gasteiger partial charge in [-0.05, 0) is 68.8 Å². The van der Waals surface area contributed by atoms with Crippen LogP contribution in [0, 0.1) is 5.92 Å². The second kappa shape index (κ2) is 11.3. The molecule has 9 heteroatoms. The van der Waals surface area contributed by atoms with Crippen molar-refractivity contribution in [2.45, 2.75) is 89.3 Å². The van der Waals surface area contributed by atoms with Crippen molar-refractivity contribution in [2.24, 2.45) is 5.92 Å². The van der Waals surface area contributed by atoms with Crippen molar-refractivity contribution in [3.8, 4) is 0 Å². The van der Waals surface area contributed by atoms with Crippen molar-refractivity contribution in [1.82, 2.24) is 15.0 Å². The molecule has 1 N–H and O–H groups in total. The van der Waals surface area contributed by atoms with E-state index in [2.05, 4.69) is 29.4 Å². The first-order chi connectivity index (χ1) is 16.8. The van der Waals surface area contributed by atoms with E-state index in [0.717, 1.165) is 43.6 Å². The minimum atomic E-state index is -2.92. The Labute approximate surface area is 208 Å². The number of benzene rings is 1. The lowest BCUT2D eigenvalue weighted by Crippen LogP contribution is -2.36. The summed E-state index contributed by atoms with van der Waals surface area (Å²) in [7, 11) is -2.92. The zero-order valence-corrected chi connectivity index (χ0v) is 22.2. The van der Waals surface area contributed by atoms with Gasteiger partial charge in [0.1, 0.15) is 0 Å². The Morgan fingerprint density at radius 3 is 2.60 bits per heavy atom. The van der Waals surface area contributed by atoms with Crippen LogP contribution in [0.2, 0.25) is 18.6 Å². The largest absolute Gasteiger partial charge is 0.396 e. The Kier molecular flexibility index (Phi) is 8.39. The minimum absolute atomic E-state index is 0.0246. The molecule has 2 aliphatic rings. The lowest BCUT2D eigenvalue weighted by Gasteiger charge is -2.28. The molecule has 3 heterocycles. The van der Waals surface area contributed by atoms with Crippen molar-refractivity contribution in [1.29, 1.82) is 0 Å². The highest BCUT2D eigenvalue weighted by Crippen LogP contribution is 2.47. The van der Waals surface area contributed by atoms with E-state index in [1.54, 1.807) is 17.8 Å². The van der Waals surface area contributed by atoms with Crippen LogP contribution in [0.5, 0.6) is 0 Å². The van der Waals surface area contributed by atoms with Crippen LogP contribution in [0.3, 0.4) is 0 Å². The number of aromatic nitrogens is 3. The molecule has 0 spiro atoms. The fourth-order valence-electron chi connectivity index (χ4n) is 5.82. The van der Waals surface area contributed by atoms with Gasteiger partial charge in [0.25, 0.3) is 0 Å². The van der Waals surface area contributed by atoms with Gasteiger partial charge in [-0.1, -0.05) is 24.3 Å². The van der Waals surface area contributed by atoms with E-state index in [0.29, 0.717) is 25.8 Å². The molecule has 1 aromatic carbocycles. The first kappa shape index (κ1) is 26.0. The zero-order chi connectivity index (χ0) is 25.0. The van der Waals surface area contributed by atoms with E-state index < -0.39 is 8.41 Å². The Morgan fingerprint density at radius 2 is 1.91 bits per heavy atom. The number of rotatable bonds is 10. The number of aliphatic hydroxyl groups excluding tert-OH is 1. The number of aryl methyl sites for hydroxylation is 2. The minimum Gasteiger partial charge on any atom is -0.396 e. The topological polar surface area (TPSA) is 80.5 Å². The number of hydrogen-bond acceptors (Lipinski definition) is 5. The van der Waals surface area contributed by atoms with Crippen LogP contribution in [-0.2, 0) is 28.9 Å². The summed E-state index contributed by atoms with van der Waals surface area (Å²) in [5.74, 6) is 0.375. The highest BCUT2D eigenvalue weighted by molar-refractivity contribution is 6.72. The molecule has 2 fully saturated rings. The van der Waals surface area contributed by atoms with E-state index in [9.17, 15) is 4.79 Å². The van der Waals surface area contributed by atoms with Crippen molar-refractivity contribution in [3.05, 3.63) is 41.7 Å². The average Bonchev–Trinajstić information content (AvgIpc) is 3.40. The number of hydrogen-bond donors (Lipinski definition) is 1. The first-order valence-corrected chi connectivity index (χ1v) is 16.0. The second-order valence-electron chi connectivity index (χ2n) is 10.6. The molecular weight excluding hydrogens is 463 g/mol. The average molecular weight is 503 g/mol. The lowest BCUT2D eigenvalue weighted by atomic mass is 9.95. The number of amides is 1. The van der Waals surface area contributed by atoms with Crippen LogP contribution in [0.25, 0.3) is 0 Å². The predicted molar refractivity (Wildman–Crippen MR) is 137 cm³/mol. The number of ether oxygens (including phenoxy) is 1. The summed E-state index contributed by atoms with van der Waals surface area (Å²) in [6, 6.07) is 8.30. The zero-order valence-electron chi connectivity index (χ0n) is 21.2. The van der Waals surface area contributed by atoms with Gasteiger partial charge in [-0.3, -0.25) is 9.48 Å². The van der Waals surface area contributed by atoms with Gasteiger partial charge >= 0.3 is 0 Å². The van der Waals surface area contributed by atoms with Crippen LogP contribution in [0.4, 0.5) is 9.80 Å². The fourth-order valence-corrected chi connectivity index (χ4v) is 8.41. The summed E-state index contributed by atoms with van der Waals surface area (Å²) in [6.07, 6.45) is 7.33. The molecule has 1 amide bonds. The van der Waals surface area contributed by atoms with Crippen molar-refractivity contribution in [3.63, 3.8) is 0 Å². The van der Waals surface area contributed by atoms with E-state index >= 15 is 4.11 Å². The Morgan fingerprint density at radius 1 is 1.14 bits per heavy atom. The van der Waals surface area contributed by atoms with Crippen LogP contribution in [0.1, 0.15) is 50.3 Å². The molecule has 0 radical (unpaired) electrons. The third-order valence-electron chi connectivity index (χ3n) is 7.58. The lowest BCUT2D eigenvalue weighted by molar-refractivity contribution is -0.119. The standard InChI is InChI=1S/C26H39FN4O3Si/c1-19-23(12-9-20-7-10-22(11-8-20)31-15-5-4-6-25(31)33)34-24(26(19)35(2,3)27)13-16-30-18-21(14-17-32)28-29-30/h7-8,10-11,18-19,23-24,26,32H,4-6,9,12-17H2,1-3H3/t19-,23+,24-,26+/m1/s1. The van der Waals surface area contributed by atoms with Crippen LogP contribution >= 0.6 is 0 Å². The van der Waals surface area contributed by atoms with Gasteiger partial charge in [0.05, 0.1) is 17.9 Å². The summed E-state index contributed by atoms with van der Waals surface area (Å²) >= 11 is 0. The van der Waals surface area contributed by atoms with Gasteiger partial charge in [0.15, 0.2) is 0 Å². The number of nitrogens with zero attached hydrogens (tertiary/aromatic N) is 4. The summed E-state index contributed by atoms with van der Waals surface area (Å²) in [5, 5.41) is 17.3. The molecule has 0 aliphatic carbocycles. The van der Waals surface area contributed by atoms with Crippen LogP contribution < -0.4 is 4.90 Å². The molecule has 2 saturated heterocycles. The molecule has 7 nitrogen and oxygen atoms in total. The Balaban J connectivity index is 1.35. The monoisotopic (exact) mass is 502 g/mol. The van der Waals surface area contributed by atoms with Crippen LogP contribution in [0.15, 0.2) is 30.5 Å². The number of piperidine rings is 1. The highest BCUT2D eigenvalue weighted by atomic mass is 28.4. The molecule has 192 valence electrons. The SMILES string of the molecule is C[C@H]1[C@H]([Si](C)(C)F)[C@@H](CCn2cc(CCO)nn2)O[C@H]1CCc1ccc(N2CCCCC2=O)cc1. The van der Waals surface area contributed by atoms with Gasteiger partial charge in [-0.25, -0.2) is 0 Å². The van der Waals surface area contributed by atoms with Gasteiger partial charge in [-0.15, -0.1) is 5.10 Å². The molecular formula is C26H39FN4O3Si. The second-order valence-corrected chi connectivity index (χ2v) is 14.4. The van der Waals surface area contributed by atoms with E-state index in [1.807, 2.05) is 23.2 Å². The van der Waals surface area contributed by atoms with Gasteiger partial charge in [0.2, 0.25) is 14.3 Å². The normalized spacial score (nSPS) is 25.4. The predicted octanol–water partition coefficient (Wildman–Crippen LogP) is 4.30. The number of halogens is 1. The number of carbonyl (C=O) groups excluding carboxylic acids is 1. The summed E-state index contributed by atoms with van der Waals surface area (Å²) in [5.41, 5.74) is 2.90. The van der Waals surface area contributed by atoms with E-state index in [4.69, 9.17) is 9.84 Å². The maximum absolute atomic E-state index is 15.4. The third-order valence-corrected chi connectivity index (χ3v) is 10.1. The van der Waals surface area contributed by atoms with Gasteiger partial charge in [0, 0.05) is 50.0 Å². The molecule has 2 aliphatic heterocycles. The van der Waals surface area contributed by atoms with E-state index in [-0.39, 0.29) is 36.2 Å². The molecule has 0 unspecified atom stereocenters. The van der Waals surface area contributed by atoms with Crippen molar-refractivity contribution in [2.75, 3.05) is 18.1 Å². The summed E-state index contributed by atoms with van der Waals surface area (Å²) in [6.45, 7) is 7.20. The van der Waals surface area contributed by atoms with E-state index in [1.165, 1.54) is 5.56 Å². The summed E-state index contributed by atoms with van der Waals surface area (Å²) < 4.78 is 23.6. The third kappa shape index (κ3) is 6.37.